The number of fused-ring (bicyclic) bond motifs is 1. The van der Waals surface area contributed by atoms with Crippen molar-refractivity contribution in [2.75, 3.05) is 7.11 Å². The average Bonchev–Trinajstić information content (AvgIpc) is 2.54. The van der Waals surface area contributed by atoms with Gasteiger partial charge in [-0.1, -0.05) is 13.8 Å². The Bertz CT molecular complexity index is 554. The van der Waals surface area contributed by atoms with Crippen molar-refractivity contribution in [1.82, 2.24) is 9.55 Å². The number of rotatable bonds is 3. The van der Waals surface area contributed by atoms with Gasteiger partial charge >= 0.3 is 0 Å². The van der Waals surface area contributed by atoms with Crippen molar-refractivity contribution in [3.63, 3.8) is 0 Å². The van der Waals surface area contributed by atoms with Crippen molar-refractivity contribution in [1.29, 1.82) is 0 Å². The van der Waals surface area contributed by atoms with Gasteiger partial charge in [-0.2, -0.15) is 0 Å². The minimum absolute atomic E-state index is 0.567. The maximum atomic E-state index is 5.32. The van der Waals surface area contributed by atoms with Gasteiger partial charge in [-0.05, 0) is 30.3 Å². The number of nitrogens with zero attached hydrogens (tertiary/aromatic N) is 1. The number of hydrogen-bond donors (Lipinski definition) is 1. The van der Waals surface area contributed by atoms with Crippen LogP contribution in [0, 0.1) is 10.7 Å². The molecule has 0 aliphatic heterocycles. The second kappa shape index (κ2) is 4.29. The molecule has 2 aromatic rings. The maximum absolute atomic E-state index is 5.32. The summed E-state index contributed by atoms with van der Waals surface area (Å²) in [4.78, 5) is 3.21. The first-order valence-electron chi connectivity index (χ1n) is 5.38. The van der Waals surface area contributed by atoms with E-state index >= 15 is 0 Å². The van der Waals surface area contributed by atoms with E-state index in [0.29, 0.717) is 5.92 Å². The summed E-state index contributed by atoms with van der Waals surface area (Å²) in [5.74, 6) is 1.43. The molecule has 86 valence electrons. The predicted molar refractivity (Wildman–Crippen MR) is 68.5 cm³/mol. The summed E-state index contributed by atoms with van der Waals surface area (Å²) in [6.07, 6.45) is 0. The number of imidazole rings is 1. The molecule has 0 aliphatic rings. The van der Waals surface area contributed by atoms with E-state index in [1.54, 1.807) is 7.11 Å². The molecule has 1 aromatic carbocycles. The molecule has 4 heteroatoms. The molecule has 0 unspecified atom stereocenters. The lowest BCUT2D eigenvalue weighted by Gasteiger charge is -2.08. The summed E-state index contributed by atoms with van der Waals surface area (Å²) in [5.41, 5.74) is 2.17. The zero-order valence-electron chi connectivity index (χ0n) is 9.78. The molecular weight excluding hydrogens is 220 g/mol. The summed E-state index contributed by atoms with van der Waals surface area (Å²) in [6.45, 7) is 5.29. The van der Waals surface area contributed by atoms with Gasteiger partial charge in [0.25, 0.3) is 0 Å². The Morgan fingerprint density at radius 3 is 2.81 bits per heavy atom. The summed E-state index contributed by atoms with van der Waals surface area (Å²) in [5, 5.41) is 0. The molecule has 0 saturated carbocycles. The molecule has 0 amide bonds. The molecular formula is C12H16N2OS. The largest absolute Gasteiger partial charge is 0.497 e. The van der Waals surface area contributed by atoms with Crippen molar-refractivity contribution < 1.29 is 4.74 Å². The maximum Gasteiger partial charge on any atom is 0.178 e. The third kappa shape index (κ3) is 1.97. The third-order valence-corrected chi connectivity index (χ3v) is 2.85. The van der Waals surface area contributed by atoms with Crippen molar-refractivity contribution in [3.8, 4) is 5.75 Å². The van der Waals surface area contributed by atoms with Gasteiger partial charge in [-0.3, -0.25) is 0 Å². The molecule has 0 radical (unpaired) electrons. The smallest absolute Gasteiger partial charge is 0.178 e. The van der Waals surface area contributed by atoms with Gasteiger partial charge in [0.15, 0.2) is 4.77 Å². The number of methoxy groups -OCH3 is 1. The van der Waals surface area contributed by atoms with Gasteiger partial charge in [0.1, 0.15) is 5.75 Å². The first kappa shape index (κ1) is 11.2. The van der Waals surface area contributed by atoms with Crippen LogP contribution >= 0.6 is 12.2 Å². The van der Waals surface area contributed by atoms with E-state index in [-0.39, 0.29) is 0 Å². The van der Waals surface area contributed by atoms with E-state index in [2.05, 4.69) is 23.4 Å². The number of H-pyrrole nitrogens is 1. The first-order valence-corrected chi connectivity index (χ1v) is 5.79. The van der Waals surface area contributed by atoms with E-state index in [1.807, 2.05) is 18.2 Å². The molecule has 16 heavy (non-hydrogen) atoms. The fraction of sp³-hybridized carbons (Fsp3) is 0.417. The molecule has 1 aromatic heterocycles. The lowest BCUT2D eigenvalue weighted by atomic mass is 10.2. The zero-order valence-corrected chi connectivity index (χ0v) is 10.6. The van der Waals surface area contributed by atoms with E-state index in [0.717, 1.165) is 28.1 Å². The summed E-state index contributed by atoms with van der Waals surface area (Å²) >= 11 is 5.32. The number of benzene rings is 1. The summed E-state index contributed by atoms with van der Waals surface area (Å²) < 4.78 is 8.13. The highest BCUT2D eigenvalue weighted by Gasteiger charge is 2.06. The molecule has 0 fully saturated rings. The number of aromatic nitrogens is 2. The second-order valence-corrected chi connectivity index (χ2v) is 4.70. The molecule has 0 saturated heterocycles. The van der Waals surface area contributed by atoms with Gasteiger partial charge in [-0.25, -0.2) is 0 Å². The summed E-state index contributed by atoms with van der Waals surface area (Å²) in [7, 11) is 1.68. The van der Waals surface area contributed by atoms with Crippen LogP contribution in [-0.4, -0.2) is 16.7 Å². The Hall–Kier alpha value is -1.29. The predicted octanol–water partition coefficient (Wildman–Crippen LogP) is 3.36. The van der Waals surface area contributed by atoms with Crippen molar-refractivity contribution in [2.24, 2.45) is 5.92 Å². The fourth-order valence-corrected chi connectivity index (χ4v) is 2.09. The van der Waals surface area contributed by atoms with Crippen LogP contribution in [0.2, 0.25) is 0 Å². The van der Waals surface area contributed by atoms with Crippen LogP contribution in [0.25, 0.3) is 11.0 Å². The number of ether oxygens (including phenoxy) is 1. The first-order chi connectivity index (χ1) is 7.61. The Morgan fingerprint density at radius 2 is 2.19 bits per heavy atom. The molecule has 0 bridgehead atoms. The van der Waals surface area contributed by atoms with Gasteiger partial charge in [0.05, 0.1) is 18.1 Å². The van der Waals surface area contributed by atoms with Crippen LogP contribution in [0.4, 0.5) is 0 Å². The monoisotopic (exact) mass is 236 g/mol. The molecule has 1 heterocycles. The number of hydrogen-bond acceptors (Lipinski definition) is 2. The molecule has 1 N–H and O–H groups in total. The number of nitrogens with one attached hydrogen (secondary N) is 1. The highest BCUT2D eigenvalue weighted by Crippen LogP contribution is 2.21. The average molecular weight is 236 g/mol. The van der Waals surface area contributed by atoms with Gasteiger partial charge in [0, 0.05) is 12.6 Å². The highest BCUT2D eigenvalue weighted by molar-refractivity contribution is 7.71. The molecule has 0 atom stereocenters. The second-order valence-electron chi connectivity index (χ2n) is 4.32. The van der Waals surface area contributed by atoms with Gasteiger partial charge in [0.2, 0.25) is 0 Å². The molecule has 3 nitrogen and oxygen atoms in total. The number of aromatic amines is 1. The normalized spacial score (nSPS) is 11.2. The minimum Gasteiger partial charge on any atom is -0.497 e. The molecule has 2 rings (SSSR count). The minimum atomic E-state index is 0.567. The standard InChI is InChI=1S/C12H16N2OS/c1-8(2)7-14-11-6-9(15-3)4-5-10(11)13-12(14)16/h4-6,8H,7H2,1-3H3,(H,13,16). The lowest BCUT2D eigenvalue weighted by molar-refractivity contribution is 0.415. The van der Waals surface area contributed by atoms with E-state index in [4.69, 9.17) is 17.0 Å². The SMILES string of the molecule is COc1ccc2[nH]c(=S)n(CC(C)C)c2c1. The zero-order chi connectivity index (χ0) is 11.7. The van der Waals surface area contributed by atoms with Gasteiger partial charge < -0.3 is 14.3 Å². The summed E-state index contributed by atoms with van der Waals surface area (Å²) in [6, 6.07) is 5.96. The van der Waals surface area contributed by atoms with Crippen molar-refractivity contribution in [3.05, 3.63) is 23.0 Å². The lowest BCUT2D eigenvalue weighted by Crippen LogP contribution is -2.04. The van der Waals surface area contributed by atoms with Crippen LogP contribution in [0.15, 0.2) is 18.2 Å². The van der Waals surface area contributed by atoms with Crippen LogP contribution in [-0.2, 0) is 6.54 Å². The molecule has 0 aliphatic carbocycles. The van der Waals surface area contributed by atoms with Crippen LogP contribution in [0.1, 0.15) is 13.8 Å². The van der Waals surface area contributed by atoms with Crippen molar-refractivity contribution >= 4 is 23.3 Å². The van der Waals surface area contributed by atoms with Crippen molar-refractivity contribution in [2.45, 2.75) is 20.4 Å². The van der Waals surface area contributed by atoms with Crippen LogP contribution in [0.3, 0.4) is 0 Å². The Balaban J connectivity index is 2.61. The quantitative estimate of drug-likeness (QED) is 0.828. The third-order valence-electron chi connectivity index (χ3n) is 2.53. The fourth-order valence-electron chi connectivity index (χ4n) is 1.81. The molecule has 0 spiro atoms. The Labute approximate surface area is 100 Å². The Morgan fingerprint density at radius 1 is 1.44 bits per heavy atom. The van der Waals surface area contributed by atoms with Crippen LogP contribution < -0.4 is 4.74 Å². The Kier molecular flexibility index (Phi) is 3.01. The van der Waals surface area contributed by atoms with E-state index in [1.165, 1.54) is 0 Å². The van der Waals surface area contributed by atoms with E-state index < -0.39 is 0 Å². The topological polar surface area (TPSA) is 29.9 Å². The van der Waals surface area contributed by atoms with E-state index in [9.17, 15) is 0 Å². The highest BCUT2D eigenvalue weighted by atomic mass is 32.1. The van der Waals surface area contributed by atoms with Gasteiger partial charge in [-0.15, -0.1) is 0 Å². The van der Waals surface area contributed by atoms with Crippen LogP contribution in [0.5, 0.6) is 5.75 Å².